The number of aryl methyl sites for hydroxylation is 1. The van der Waals surface area contributed by atoms with E-state index in [9.17, 15) is 4.21 Å². The molecule has 0 aliphatic carbocycles. The molecule has 14 heavy (non-hydrogen) atoms. The standard InChI is InChI=1S/C11H12O2S/c1-9-2-4-10(5-3-9)14(12)11-6-7-13-8-11/h2-6H,7-8H2,1H3/t14-/m0/s1. The summed E-state index contributed by atoms with van der Waals surface area (Å²) >= 11 is 0. The van der Waals surface area contributed by atoms with Crippen LogP contribution in [0.1, 0.15) is 5.56 Å². The fraction of sp³-hybridized carbons (Fsp3) is 0.273. The first kappa shape index (κ1) is 9.62. The van der Waals surface area contributed by atoms with E-state index in [1.807, 2.05) is 37.3 Å². The van der Waals surface area contributed by atoms with E-state index in [1.165, 1.54) is 5.56 Å². The Balaban J connectivity index is 2.22. The third-order valence-corrected chi connectivity index (χ3v) is 3.61. The summed E-state index contributed by atoms with van der Waals surface area (Å²) < 4.78 is 17.1. The first-order valence-corrected chi connectivity index (χ1v) is 5.67. The van der Waals surface area contributed by atoms with Crippen LogP contribution in [0.2, 0.25) is 0 Å². The predicted octanol–water partition coefficient (Wildman–Crippen LogP) is 2.02. The Morgan fingerprint density at radius 3 is 2.57 bits per heavy atom. The highest BCUT2D eigenvalue weighted by Gasteiger charge is 2.13. The molecule has 0 radical (unpaired) electrons. The lowest BCUT2D eigenvalue weighted by Crippen LogP contribution is -1.97. The Labute approximate surface area is 86.0 Å². The highest BCUT2D eigenvalue weighted by molar-refractivity contribution is 7.89. The van der Waals surface area contributed by atoms with Crippen LogP contribution in [0.5, 0.6) is 0 Å². The van der Waals surface area contributed by atoms with Gasteiger partial charge in [0, 0.05) is 9.80 Å². The summed E-state index contributed by atoms with van der Waals surface area (Å²) in [6.45, 7) is 3.11. The van der Waals surface area contributed by atoms with Crippen LogP contribution in [0.25, 0.3) is 0 Å². The van der Waals surface area contributed by atoms with Gasteiger partial charge in [-0.25, -0.2) is 4.21 Å². The van der Waals surface area contributed by atoms with Crippen molar-refractivity contribution >= 4 is 10.8 Å². The molecule has 74 valence electrons. The van der Waals surface area contributed by atoms with Crippen molar-refractivity contribution in [3.63, 3.8) is 0 Å². The Morgan fingerprint density at radius 1 is 1.29 bits per heavy atom. The van der Waals surface area contributed by atoms with Gasteiger partial charge in [-0.05, 0) is 25.1 Å². The average molecular weight is 208 g/mol. The summed E-state index contributed by atoms with van der Waals surface area (Å²) in [5.41, 5.74) is 1.18. The van der Waals surface area contributed by atoms with Crippen LogP contribution in [0.3, 0.4) is 0 Å². The maximum absolute atomic E-state index is 11.9. The summed E-state index contributed by atoms with van der Waals surface area (Å²) in [5.74, 6) is 0. The van der Waals surface area contributed by atoms with Gasteiger partial charge in [-0.3, -0.25) is 0 Å². The molecular weight excluding hydrogens is 196 g/mol. The van der Waals surface area contributed by atoms with E-state index in [-0.39, 0.29) is 0 Å². The summed E-state index contributed by atoms with van der Waals surface area (Å²) in [6.07, 6.45) is 1.90. The van der Waals surface area contributed by atoms with Crippen molar-refractivity contribution < 1.29 is 8.95 Å². The van der Waals surface area contributed by atoms with E-state index >= 15 is 0 Å². The van der Waals surface area contributed by atoms with Gasteiger partial charge in [-0.15, -0.1) is 0 Å². The first-order valence-electron chi connectivity index (χ1n) is 4.52. The van der Waals surface area contributed by atoms with E-state index in [4.69, 9.17) is 4.74 Å². The van der Waals surface area contributed by atoms with Crippen LogP contribution in [0.4, 0.5) is 0 Å². The lowest BCUT2D eigenvalue weighted by molar-refractivity contribution is 0.211. The molecule has 1 aromatic carbocycles. The molecule has 2 rings (SSSR count). The van der Waals surface area contributed by atoms with Gasteiger partial charge in [0.2, 0.25) is 0 Å². The van der Waals surface area contributed by atoms with Crippen LogP contribution in [-0.4, -0.2) is 17.4 Å². The molecular formula is C11H12O2S. The number of benzene rings is 1. The first-order chi connectivity index (χ1) is 6.77. The highest BCUT2D eigenvalue weighted by Crippen LogP contribution is 2.18. The maximum atomic E-state index is 11.9. The van der Waals surface area contributed by atoms with Crippen LogP contribution < -0.4 is 0 Å². The minimum absolute atomic E-state index is 0.500. The van der Waals surface area contributed by atoms with Gasteiger partial charge in [0.1, 0.15) is 0 Å². The van der Waals surface area contributed by atoms with Gasteiger partial charge >= 0.3 is 0 Å². The Morgan fingerprint density at radius 2 is 2.00 bits per heavy atom. The van der Waals surface area contributed by atoms with Crippen molar-refractivity contribution in [1.82, 2.24) is 0 Å². The average Bonchev–Trinajstić information content (AvgIpc) is 2.71. The number of hydrogen-bond acceptors (Lipinski definition) is 2. The molecule has 0 amide bonds. The van der Waals surface area contributed by atoms with Gasteiger partial charge in [-0.1, -0.05) is 17.7 Å². The Hall–Kier alpha value is -0.930. The van der Waals surface area contributed by atoms with Gasteiger partial charge in [0.15, 0.2) is 0 Å². The van der Waals surface area contributed by atoms with Crippen LogP contribution in [-0.2, 0) is 15.5 Å². The van der Waals surface area contributed by atoms with Gasteiger partial charge in [0.25, 0.3) is 0 Å². The van der Waals surface area contributed by atoms with Crippen molar-refractivity contribution in [1.29, 1.82) is 0 Å². The van der Waals surface area contributed by atoms with Crippen molar-refractivity contribution in [2.24, 2.45) is 0 Å². The number of hydrogen-bond donors (Lipinski definition) is 0. The van der Waals surface area contributed by atoms with Crippen LogP contribution in [0, 0.1) is 6.92 Å². The normalized spacial score (nSPS) is 17.9. The Bertz CT molecular complexity index is 379. The molecule has 1 heterocycles. The number of ether oxygens (including phenoxy) is 1. The zero-order chi connectivity index (χ0) is 9.97. The van der Waals surface area contributed by atoms with E-state index in [1.54, 1.807) is 0 Å². The van der Waals surface area contributed by atoms with E-state index in [0.29, 0.717) is 13.2 Å². The van der Waals surface area contributed by atoms with Crippen molar-refractivity contribution in [3.8, 4) is 0 Å². The van der Waals surface area contributed by atoms with Crippen LogP contribution in [0.15, 0.2) is 40.1 Å². The Kier molecular flexibility index (Phi) is 2.79. The lowest BCUT2D eigenvalue weighted by atomic mass is 10.2. The lowest BCUT2D eigenvalue weighted by Gasteiger charge is -2.02. The molecule has 0 saturated heterocycles. The molecule has 3 heteroatoms. The molecule has 0 bridgehead atoms. The second-order valence-corrected chi connectivity index (χ2v) is 4.80. The largest absolute Gasteiger partial charge is 0.372 e. The topological polar surface area (TPSA) is 26.3 Å². The van der Waals surface area contributed by atoms with Gasteiger partial charge in [0.05, 0.1) is 24.0 Å². The minimum atomic E-state index is -1.03. The SMILES string of the molecule is Cc1ccc([S@](=O)C2=CCOC2)cc1. The molecule has 0 saturated carbocycles. The maximum Gasteiger partial charge on any atom is 0.0829 e. The fourth-order valence-electron chi connectivity index (χ4n) is 1.31. The molecule has 0 fully saturated rings. The van der Waals surface area contributed by atoms with Crippen molar-refractivity contribution in [3.05, 3.63) is 40.8 Å². The number of rotatable bonds is 2. The zero-order valence-electron chi connectivity index (χ0n) is 8.03. The highest BCUT2D eigenvalue weighted by atomic mass is 32.2. The van der Waals surface area contributed by atoms with Crippen molar-refractivity contribution in [2.75, 3.05) is 13.2 Å². The molecule has 0 N–H and O–H groups in total. The molecule has 1 aliphatic rings. The van der Waals surface area contributed by atoms with E-state index in [0.717, 1.165) is 9.80 Å². The minimum Gasteiger partial charge on any atom is -0.372 e. The summed E-state index contributed by atoms with van der Waals surface area (Å²) in [7, 11) is -1.03. The predicted molar refractivity (Wildman–Crippen MR) is 56.5 cm³/mol. The molecule has 0 aromatic heterocycles. The fourth-order valence-corrected chi connectivity index (χ4v) is 2.41. The summed E-state index contributed by atoms with van der Waals surface area (Å²) in [4.78, 5) is 1.74. The molecule has 1 aromatic rings. The third-order valence-electron chi connectivity index (χ3n) is 2.15. The second-order valence-electron chi connectivity index (χ2n) is 3.27. The zero-order valence-corrected chi connectivity index (χ0v) is 8.84. The summed E-state index contributed by atoms with van der Waals surface area (Å²) in [5, 5.41) is 0. The van der Waals surface area contributed by atoms with Gasteiger partial charge < -0.3 is 4.74 Å². The van der Waals surface area contributed by atoms with Crippen LogP contribution >= 0.6 is 0 Å². The molecule has 0 unspecified atom stereocenters. The molecule has 2 nitrogen and oxygen atoms in total. The van der Waals surface area contributed by atoms with Gasteiger partial charge in [-0.2, -0.15) is 0 Å². The monoisotopic (exact) mass is 208 g/mol. The second kappa shape index (κ2) is 4.07. The third kappa shape index (κ3) is 1.94. The van der Waals surface area contributed by atoms with Crippen molar-refractivity contribution in [2.45, 2.75) is 11.8 Å². The molecule has 1 atom stereocenters. The van der Waals surface area contributed by atoms with E-state index < -0.39 is 10.8 Å². The van der Waals surface area contributed by atoms with E-state index in [2.05, 4.69) is 0 Å². The molecule has 1 aliphatic heterocycles. The quantitative estimate of drug-likeness (QED) is 0.743. The molecule has 0 spiro atoms. The summed E-state index contributed by atoms with van der Waals surface area (Å²) in [6, 6.07) is 7.77. The smallest absolute Gasteiger partial charge is 0.0829 e.